The summed E-state index contributed by atoms with van der Waals surface area (Å²) in [6.45, 7) is 2.18. The van der Waals surface area contributed by atoms with Crippen LogP contribution in [-0.4, -0.2) is 9.55 Å². The molecule has 3 rings (SSSR count). The Morgan fingerprint density at radius 2 is 1.95 bits per heavy atom. The van der Waals surface area contributed by atoms with Crippen molar-refractivity contribution in [2.45, 2.75) is 13.5 Å². The number of rotatable bonds is 2. The molecule has 0 aliphatic rings. The number of benzene rings is 1. The second kappa shape index (κ2) is 5.61. The lowest BCUT2D eigenvalue weighted by Gasteiger charge is -2.10. The molecule has 108 valence electrons. The number of nitrogens with zero attached hydrogens (tertiary/aromatic N) is 2. The van der Waals surface area contributed by atoms with Crippen LogP contribution >= 0.6 is 46.1 Å². The van der Waals surface area contributed by atoms with Gasteiger partial charge in [-0.3, -0.25) is 9.36 Å². The van der Waals surface area contributed by atoms with E-state index in [1.807, 2.05) is 13.0 Å². The van der Waals surface area contributed by atoms with Crippen LogP contribution in [0.15, 0.2) is 29.3 Å². The van der Waals surface area contributed by atoms with E-state index in [-0.39, 0.29) is 12.1 Å². The van der Waals surface area contributed by atoms with Crippen molar-refractivity contribution < 1.29 is 0 Å². The van der Waals surface area contributed by atoms with Gasteiger partial charge in [-0.25, -0.2) is 4.98 Å². The Morgan fingerprint density at radius 3 is 2.71 bits per heavy atom. The lowest BCUT2D eigenvalue weighted by Crippen LogP contribution is -2.20. The Kier molecular flexibility index (Phi) is 3.97. The minimum atomic E-state index is -0.114. The van der Waals surface area contributed by atoms with Crippen LogP contribution in [0.1, 0.15) is 10.4 Å². The standard InChI is InChI=1S/C14H9Cl3N2OS/c1-7-4-8-13(21-7)18-6-19(14(8)20)5-9-10(15)2-3-11(16)12(9)17/h2-4,6H,5H2,1H3. The Bertz CT molecular complexity index is 901. The van der Waals surface area contributed by atoms with E-state index >= 15 is 0 Å². The van der Waals surface area contributed by atoms with E-state index < -0.39 is 0 Å². The predicted octanol–water partition coefficient (Wildman–Crippen LogP) is 4.77. The van der Waals surface area contributed by atoms with Crippen LogP contribution in [-0.2, 0) is 6.54 Å². The van der Waals surface area contributed by atoms with Crippen molar-refractivity contribution in [3.05, 3.63) is 60.4 Å². The SMILES string of the molecule is Cc1cc2c(=O)n(Cc3c(Cl)ccc(Cl)c3Cl)cnc2s1. The fourth-order valence-electron chi connectivity index (χ4n) is 2.08. The monoisotopic (exact) mass is 358 g/mol. The Hall–Kier alpha value is -1.07. The number of halogens is 3. The van der Waals surface area contributed by atoms with Crippen molar-refractivity contribution in [1.82, 2.24) is 9.55 Å². The fraction of sp³-hybridized carbons (Fsp3) is 0.143. The average molecular weight is 360 g/mol. The van der Waals surface area contributed by atoms with E-state index in [9.17, 15) is 4.79 Å². The van der Waals surface area contributed by atoms with Crippen molar-refractivity contribution in [3.63, 3.8) is 0 Å². The minimum absolute atomic E-state index is 0.114. The molecular formula is C14H9Cl3N2OS. The van der Waals surface area contributed by atoms with Gasteiger partial charge in [0, 0.05) is 15.5 Å². The first-order chi connectivity index (χ1) is 9.97. The van der Waals surface area contributed by atoms with E-state index in [1.54, 1.807) is 12.1 Å². The van der Waals surface area contributed by atoms with Crippen molar-refractivity contribution in [2.24, 2.45) is 0 Å². The Labute approximate surface area is 139 Å². The number of fused-ring (bicyclic) bond motifs is 1. The largest absolute Gasteiger partial charge is 0.294 e. The van der Waals surface area contributed by atoms with E-state index in [1.165, 1.54) is 22.2 Å². The quantitative estimate of drug-likeness (QED) is 0.617. The van der Waals surface area contributed by atoms with Gasteiger partial charge in [0.1, 0.15) is 4.83 Å². The Morgan fingerprint density at radius 1 is 1.24 bits per heavy atom. The van der Waals surface area contributed by atoms with Crippen LogP contribution < -0.4 is 5.56 Å². The first kappa shape index (κ1) is 14.9. The molecule has 7 heteroatoms. The van der Waals surface area contributed by atoms with Gasteiger partial charge < -0.3 is 0 Å². The van der Waals surface area contributed by atoms with E-state index in [0.717, 1.165) is 9.71 Å². The molecule has 0 saturated carbocycles. The summed E-state index contributed by atoms with van der Waals surface area (Å²) in [4.78, 5) is 18.5. The number of aromatic nitrogens is 2. The second-order valence-corrected chi connectivity index (χ2v) is 7.00. The van der Waals surface area contributed by atoms with Gasteiger partial charge in [-0.2, -0.15) is 0 Å². The highest BCUT2D eigenvalue weighted by molar-refractivity contribution is 7.18. The average Bonchev–Trinajstić information content (AvgIpc) is 2.83. The molecule has 0 radical (unpaired) electrons. The summed E-state index contributed by atoms with van der Waals surface area (Å²) >= 11 is 19.8. The highest BCUT2D eigenvalue weighted by atomic mass is 35.5. The van der Waals surface area contributed by atoms with Gasteiger partial charge in [-0.05, 0) is 25.1 Å². The molecular weight excluding hydrogens is 351 g/mol. The molecule has 0 bridgehead atoms. The molecule has 0 spiro atoms. The van der Waals surface area contributed by atoms with Crippen molar-refractivity contribution in [3.8, 4) is 0 Å². The second-order valence-electron chi connectivity index (χ2n) is 4.58. The lowest BCUT2D eigenvalue weighted by atomic mass is 10.2. The number of hydrogen-bond acceptors (Lipinski definition) is 3. The number of thiophene rings is 1. The van der Waals surface area contributed by atoms with Crippen LogP contribution in [0.5, 0.6) is 0 Å². The van der Waals surface area contributed by atoms with Gasteiger partial charge >= 0.3 is 0 Å². The van der Waals surface area contributed by atoms with Gasteiger partial charge in [0.2, 0.25) is 0 Å². The molecule has 2 aromatic heterocycles. The highest BCUT2D eigenvalue weighted by Gasteiger charge is 2.13. The van der Waals surface area contributed by atoms with Crippen molar-refractivity contribution >= 4 is 56.4 Å². The first-order valence-corrected chi connectivity index (χ1v) is 8.00. The van der Waals surface area contributed by atoms with E-state index in [2.05, 4.69) is 4.98 Å². The highest BCUT2D eigenvalue weighted by Crippen LogP contribution is 2.31. The normalized spacial score (nSPS) is 11.2. The summed E-state index contributed by atoms with van der Waals surface area (Å²) in [6, 6.07) is 5.13. The van der Waals surface area contributed by atoms with Crippen molar-refractivity contribution in [2.75, 3.05) is 0 Å². The summed E-state index contributed by atoms with van der Waals surface area (Å²) in [5.41, 5.74) is 0.498. The van der Waals surface area contributed by atoms with Crippen LogP contribution in [0.25, 0.3) is 10.2 Å². The third-order valence-electron chi connectivity index (χ3n) is 3.11. The molecule has 3 nitrogen and oxygen atoms in total. The smallest absolute Gasteiger partial charge is 0.262 e. The molecule has 0 aliphatic heterocycles. The van der Waals surface area contributed by atoms with E-state index in [4.69, 9.17) is 34.8 Å². The minimum Gasteiger partial charge on any atom is -0.294 e. The lowest BCUT2D eigenvalue weighted by molar-refractivity contribution is 0.750. The molecule has 2 heterocycles. The zero-order valence-electron chi connectivity index (χ0n) is 10.9. The molecule has 0 fully saturated rings. The summed E-state index contributed by atoms with van der Waals surface area (Å²) < 4.78 is 1.48. The van der Waals surface area contributed by atoms with E-state index in [0.29, 0.717) is 26.0 Å². The summed E-state index contributed by atoms with van der Waals surface area (Å²) in [7, 11) is 0. The van der Waals surface area contributed by atoms with Crippen molar-refractivity contribution in [1.29, 1.82) is 0 Å². The maximum absolute atomic E-state index is 12.5. The van der Waals surface area contributed by atoms with Crippen LogP contribution in [0.3, 0.4) is 0 Å². The zero-order chi connectivity index (χ0) is 15.1. The molecule has 0 amide bonds. The molecule has 0 atom stereocenters. The molecule has 0 saturated heterocycles. The molecule has 0 unspecified atom stereocenters. The van der Waals surface area contributed by atoms with Crippen LogP contribution in [0.2, 0.25) is 15.1 Å². The molecule has 21 heavy (non-hydrogen) atoms. The summed E-state index contributed by atoms with van der Waals surface area (Å²) in [5.74, 6) is 0. The molecule has 0 N–H and O–H groups in total. The summed E-state index contributed by atoms with van der Waals surface area (Å²) in [5, 5.41) is 1.84. The fourth-order valence-corrected chi connectivity index (χ4v) is 3.58. The molecule has 0 aliphatic carbocycles. The van der Waals surface area contributed by atoms with Gasteiger partial charge in [0.25, 0.3) is 5.56 Å². The van der Waals surface area contributed by atoms with Gasteiger partial charge in [-0.1, -0.05) is 34.8 Å². The molecule has 3 aromatic rings. The predicted molar refractivity (Wildman–Crippen MR) is 89.2 cm³/mol. The van der Waals surface area contributed by atoms with Gasteiger partial charge in [-0.15, -0.1) is 11.3 Å². The summed E-state index contributed by atoms with van der Waals surface area (Å²) in [6.07, 6.45) is 1.51. The molecule has 1 aromatic carbocycles. The number of aryl methyl sites for hydroxylation is 1. The van der Waals surface area contributed by atoms with Crippen LogP contribution in [0, 0.1) is 6.92 Å². The third-order valence-corrected chi connectivity index (χ3v) is 5.26. The maximum atomic E-state index is 12.5. The first-order valence-electron chi connectivity index (χ1n) is 6.05. The van der Waals surface area contributed by atoms with Crippen LogP contribution in [0.4, 0.5) is 0 Å². The number of hydrogen-bond donors (Lipinski definition) is 0. The third kappa shape index (κ3) is 2.69. The topological polar surface area (TPSA) is 34.9 Å². The van der Waals surface area contributed by atoms with Gasteiger partial charge in [0.05, 0.1) is 28.3 Å². The maximum Gasteiger partial charge on any atom is 0.262 e. The zero-order valence-corrected chi connectivity index (χ0v) is 13.9. The van der Waals surface area contributed by atoms with Gasteiger partial charge in [0.15, 0.2) is 0 Å². The Balaban J connectivity index is 2.13.